The van der Waals surface area contributed by atoms with E-state index in [0.29, 0.717) is 6.42 Å². The zero-order valence-electron chi connectivity index (χ0n) is 8.24. The molecule has 0 aliphatic carbocycles. The normalized spacial score (nSPS) is 15.5. The Bertz CT molecular complexity index is 328. The third-order valence-corrected chi connectivity index (χ3v) is 2.69. The van der Waals surface area contributed by atoms with E-state index in [1.54, 1.807) is 0 Å². The average molecular weight is 186 g/mol. The van der Waals surface area contributed by atoms with Crippen LogP contribution in [0.2, 0.25) is 0 Å². The molecule has 0 amide bonds. The summed E-state index contributed by atoms with van der Waals surface area (Å²) in [4.78, 5) is 2.40. The molecular weight excluding hydrogens is 172 g/mol. The highest BCUT2D eigenvalue weighted by atomic mass is 15.1. The third kappa shape index (κ3) is 1.88. The Morgan fingerprint density at radius 1 is 1.14 bits per heavy atom. The molecule has 2 rings (SSSR count). The highest BCUT2D eigenvalue weighted by molar-refractivity contribution is 5.48. The average Bonchev–Trinajstić information content (AvgIpc) is 2.72. The molecular formula is C12H14N2. The molecule has 72 valence electrons. The van der Waals surface area contributed by atoms with E-state index in [9.17, 15) is 0 Å². The van der Waals surface area contributed by atoms with Crippen LogP contribution >= 0.6 is 0 Å². The van der Waals surface area contributed by atoms with Crippen LogP contribution in [0.5, 0.6) is 0 Å². The summed E-state index contributed by atoms with van der Waals surface area (Å²) in [6, 6.07) is 10.5. The number of hydrogen-bond acceptors (Lipinski definition) is 2. The Kier molecular flexibility index (Phi) is 2.69. The van der Waals surface area contributed by atoms with Crippen molar-refractivity contribution in [3.05, 3.63) is 29.8 Å². The van der Waals surface area contributed by atoms with E-state index in [-0.39, 0.29) is 0 Å². The van der Waals surface area contributed by atoms with Crippen LogP contribution in [0.4, 0.5) is 5.69 Å². The van der Waals surface area contributed by atoms with E-state index in [1.165, 1.54) is 31.6 Å². The van der Waals surface area contributed by atoms with Gasteiger partial charge in [-0.05, 0) is 30.5 Å². The first kappa shape index (κ1) is 9.08. The first-order valence-electron chi connectivity index (χ1n) is 5.11. The summed E-state index contributed by atoms with van der Waals surface area (Å²) >= 11 is 0. The van der Waals surface area contributed by atoms with Gasteiger partial charge in [-0.15, -0.1) is 0 Å². The van der Waals surface area contributed by atoms with Gasteiger partial charge in [0.15, 0.2) is 0 Å². The topological polar surface area (TPSA) is 27.0 Å². The first-order valence-corrected chi connectivity index (χ1v) is 5.11. The van der Waals surface area contributed by atoms with Crippen molar-refractivity contribution >= 4 is 5.69 Å². The van der Waals surface area contributed by atoms with E-state index >= 15 is 0 Å². The molecule has 1 aromatic rings. The van der Waals surface area contributed by atoms with Crippen LogP contribution in [-0.4, -0.2) is 13.1 Å². The maximum Gasteiger partial charge on any atom is 0.0669 e. The second-order valence-corrected chi connectivity index (χ2v) is 3.70. The Morgan fingerprint density at radius 2 is 1.79 bits per heavy atom. The minimum absolute atomic E-state index is 0.514. The molecule has 0 unspecified atom stereocenters. The second kappa shape index (κ2) is 4.15. The maximum atomic E-state index is 8.54. The van der Waals surface area contributed by atoms with E-state index in [0.717, 1.165) is 5.56 Å². The van der Waals surface area contributed by atoms with Crippen molar-refractivity contribution in [1.29, 1.82) is 5.26 Å². The monoisotopic (exact) mass is 186 g/mol. The van der Waals surface area contributed by atoms with Crippen LogP contribution in [0.15, 0.2) is 24.3 Å². The van der Waals surface area contributed by atoms with Gasteiger partial charge in [0.2, 0.25) is 0 Å². The van der Waals surface area contributed by atoms with Crippen molar-refractivity contribution in [2.45, 2.75) is 19.3 Å². The van der Waals surface area contributed by atoms with Gasteiger partial charge in [-0.3, -0.25) is 0 Å². The number of rotatable bonds is 2. The van der Waals surface area contributed by atoms with E-state index < -0.39 is 0 Å². The number of nitrogens with zero attached hydrogens (tertiary/aromatic N) is 2. The van der Waals surface area contributed by atoms with Crippen molar-refractivity contribution in [2.24, 2.45) is 0 Å². The van der Waals surface area contributed by atoms with Gasteiger partial charge in [0, 0.05) is 18.8 Å². The summed E-state index contributed by atoms with van der Waals surface area (Å²) in [5, 5.41) is 8.54. The minimum Gasteiger partial charge on any atom is -0.372 e. The van der Waals surface area contributed by atoms with Gasteiger partial charge < -0.3 is 4.90 Å². The summed E-state index contributed by atoms with van der Waals surface area (Å²) in [7, 11) is 0. The van der Waals surface area contributed by atoms with Gasteiger partial charge in [0.25, 0.3) is 0 Å². The molecule has 0 spiro atoms. The van der Waals surface area contributed by atoms with Crippen LogP contribution in [0.3, 0.4) is 0 Å². The molecule has 0 radical (unpaired) electrons. The smallest absolute Gasteiger partial charge is 0.0669 e. The zero-order valence-corrected chi connectivity index (χ0v) is 8.24. The Balaban J connectivity index is 2.09. The van der Waals surface area contributed by atoms with Crippen molar-refractivity contribution in [1.82, 2.24) is 0 Å². The summed E-state index contributed by atoms with van der Waals surface area (Å²) in [6.07, 6.45) is 3.13. The molecule has 14 heavy (non-hydrogen) atoms. The van der Waals surface area contributed by atoms with Crippen molar-refractivity contribution in [2.75, 3.05) is 18.0 Å². The zero-order chi connectivity index (χ0) is 9.80. The van der Waals surface area contributed by atoms with Crippen LogP contribution in [0.1, 0.15) is 18.4 Å². The molecule has 0 N–H and O–H groups in total. The number of hydrogen-bond donors (Lipinski definition) is 0. The lowest BCUT2D eigenvalue weighted by molar-refractivity contribution is 0.949. The number of anilines is 1. The van der Waals surface area contributed by atoms with Gasteiger partial charge in [-0.2, -0.15) is 5.26 Å². The number of nitriles is 1. The predicted molar refractivity (Wildman–Crippen MR) is 57.2 cm³/mol. The fraction of sp³-hybridized carbons (Fsp3) is 0.417. The SMILES string of the molecule is N#CCc1ccc(N2CCCC2)cc1. The first-order chi connectivity index (χ1) is 6.90. The van der Waals surface area contributed by atoms with E-state index in [2.05, 4.69) is 35.2 Å². The molecule has 1 heterocycles. The van der Waals surface area contributed by atoms with Gasteiger partial charge >= 0.3 is 0 Å². The summed E-state index contributed by atoms with van der Waals surface area (Å²) < 4.78 is 0. The predicted octanol–water partition coefficient (Wildman–Crippen LogP) is 2.35. The molecule has 0 bridgehead atoms. The molecule has 1 aliphatic heterocycles. The van der Waals surface area contributed by atoms with Crippen LogP contribution in [-0.2, 0) is 6.42 Å². The fourth-order valence-electron chi connectivity index (χ4n) is 1.89. The van der Waals surface area contributed by atoms with Crippen LogP contribution in [0, 0.1) is 11.3 Å². The molecule has 0 saturated carbocycles. The van der Waals surface area contributed by atoms with Gasteiger partial charge in [-0.1, -0.05) is 12.1 Å². The highest BCUT2D eigenvalue weighted by Crippen LogP contribution is 2.20. The molecule has 1 aliphatic rings. The fourth-order valence-corrected chi connectivity index (χ4v) is 1.89. The lowest BCUT2D eigenvalue weighted by Gasteiger charge is -2.17. The minimum atomic E-state index is 0.514. The van der Waals surface area contributed by atoms with Gasteiger partial charge in [-0.25, -0.2) is 0 Å². The van der Waals surface area contributed by atoms with E-state index in [4.69, 9.17) is 5.26 Å². The summed E-state index contributed by atoms with van der Waals surface area (Å²) in [5.74, 6) is 0. The molecule has 0 atom stereocenters. The Labute approximate surface area is 84.8 Å². The van der Waals surface area contributed by atoms with Crippen molar-refractivity contribution < 1.29 is 0 Å². The molecule has 1 saturated heterocycles. The van der Waals surface area contributed by atoms with Gasteiger partial charge in [0.1, 0.15) is 0 Å². The molecule has 1 aromatic carbocycles. The largest absolute Gasteiger partial charge is 0.372 e. The van der Waals surface area contributed by atoms with Crippen molar-refractivity contribution in [3.63, 3.8) is 0 Å². The molecule has 0 aromatic heterocycles. The molecule has 2 heteroatoms. The third-order valence-electron chi connectivity index (χ3n) is 2.69. The van der Waals surface area contributed by atoms with E-state index in [1.807, 2.05) is 0 Å². The maximum absolute atomic E-state index is 8.54. The van der Waals surface area contributed by atoms with Crippen molar-refractivity contribution in [3.8, 4) is 6.07 Å². The van der Waals surface area contributed by atoms with Crippen LogP contribution < -0.4 is 4.90 Å². The Morgan fingerprint density at radius 3 is 2.36 bits per heavy atom. The lowest BCUT2D eigenvalue weighted by Crippen LogP contribution is -2.17. The lowest BCUT2D eigenvalue weighted by atomic mass is 10.1. The quantitative estimate of drug-likeness (QED) is 0.709. The molecule has 1 fully saturated rings. The summed E-state index contributed by atoms with van der Waals surface area (Å²) in [6.45, 7) is 2.36. The number of benzene rings is 1. The summed E-state index contributed by atoms with van der Waals surface area (Å²) in [5.41, 5.74) is 2.40. The van der Waals surface area contributed by atoms with Crippen LogP contribution in [0.25, 0.3) is 0 Å². The highest BCUT2D eigenvalue weighted by Gasteiger charge is 2.11. The van der Waals surface area contributed by atoms with Gasteiger partial charge in [0.05, 0.1) is 12.5 Å². The Hall–Kier alpha value is -1.49. The standard InChI is InChI=1S/C12H14N2/c13-8-7-11-3-5-12(6-4-11)14-9-1-2-10-14/h3-6H,1-2,7,9-10H2. The second-order valence-electron chi connectivity index (χ2n) is 3.70. The molecule has 2 nitrogen and oxygen atoms in total.